The first-order valence-corrected chi connectivity index (χ1v) is 10.5. The van der Waals surface area contributed by atoms with Crippen molar-refractivity contribution < 1.29 is 19.1 Å². The van der Waals surface area contributed by atoms with Gasteiger partial charge in [-0.2, -0.15) is 0 Å². The maximum atomic E-state index is 13.1. The highest BCUT2D eigenvalue weighted by Crippen LogP contribution is 2.34. The second kappa shape index (κ2) is 10.2. The Hall–Kier alpha value is -3.19. The standard InChI is InChI=1S/C23H26ClN3O4/c1-4-5-11-31-18-10-9-15(12-19(18)30-3)21-20(14(2)25-23(29)27-21)22(28)26-17-8-6-7-16(24)13-17/h6-10,12-13,21H,4-5,11H2,1-3H3,(H,26,28)(H2,25,27,29). The predicted molar refractivity (Wildman–Crippen MR) is 121 cm³/mol. The average Bonchev–Trinajstić information content (AvgIpc) is 2.73. The molecule has 1 unspecified atom stereocenters. The lowest BCUT2D eigenvalue weighted by Crippen LogP contribution is -2.46. The molecule has 1 aliphatic rings. The van der Waals surface area contributed by atoms with Gasteiger partial charge in [-0.05, 0) is 49.2 Å². The number of allylic oxidation sites excluding steroid dienone is 1. The first kappa shape index (κ1) is 22.5. The number of amides is 3. The molecule has 164 valence electrons. The van der Waals surface area contributed by atoms with Gasteiger partial charge in [-0.1, -0.05) is 37.1 Å². The molecule has 31 heavy (non-hydrogen) atoms. The minimum atomic E-state index is -0.661. The fraction of sp³-hybridized carbons (Fsp3) is 0.304. The lowest BCUT2D eigenvalue weighted by atomic mass is 9.94. The van der Waals surface area contributed by atoms with Crippen molar-refractivity contribution in [3.63, 3.8) is 0 Å². The average molecular weight is 444 g/mol. The smallest absolute Gasteiger partial charge is 0.319 e. The van der Waals surface area contributed by atoms with Crippen molar-refractivity contribution >= 4 is 29.2 Å². The third-order valence-corrected chi connectivity index (χ3v) is 5.11. The molecule has 3 amide bonds. The van der Waals surface area contributed by atoms with Crippen molar-refractivity contribution in [2.45, 2.75) is 32.7 Å². The maximum Gasteiger partial charge on any atom is 0.319 e. The van der Waals surface area contributed by atoms with Crippen molar-refractivity contribution in [2.75, 3.05) is 19.0 Å². The Labute approximate surface area is 186 Å². The molecule has 8 heteroatoms. The molecule has 2 aromatic rings. The van der Waals surface area contributed by atoms with Gasteiger partial charge in [0.25, 0.3) is 5.91 Å². The van der Waals surface area contributed by atoms with E-state index in [1.165, 1.54) is 0 Å². The van der Waals surface area contributed by atoms with Crippen LogP contribution in [0.3, 0.4) is 0 Å². The van der Waals surface area contributed by atoms with Crippen LogP contribution in [0, 0.1) is 0 Å². The Morgan fingerprint density at radius 1 is 1.19 bits per heavy atom. The van der Waals surface area contributed by atoms with Crippen LogP contribution in [0.2, 0.25) is 5.02 Å². The number of carbonyl (C=O) groups excluding carboxylic acids is 2. The van der Waals surface area contributed by atoms with Gasteiger partial charge in [0.2, 0.25) is 0 Å². The number of benzene rings is 2. The molecule has 0 aromatic heterocycles. The van der Waals surface area contributed by atoms with E-state index < -0.39 is 6.04 Å². The Morgan fingerprint density at radius 2 is 2.00 bits per heavy atom. The molecule has 3 rings (SSSR count). The summed E-state index contributed by atoms with van der Waals surface area (Å²) in [6.45, 7) is 4.37. The van der Waals surface area contributed by atoms with Gasteiger partial charge in [0.15, 0.2) is 11.5 Å². The molecule has 7 nitrogen and oxygen atoms in total. The van der Waals surface area contributed by atoms with E-state index >= 15 is 0 Å². The topological polar surface area (TPSA) is 88.7 Å². The van der Waals surface area contributed by atoms with E-state index in [1.54, 1.807) is 50.4 Å². The van der Waals surface area contributed by atoms with E-state index in [-0.39, 0.29) is 11.9 Å². The van der Waals surface area contributed by atoms with E-state index in [9.17, 15) is 9.59 Å². The molecule has 0 radical (unpaired) electrons. The minimum Gasteiger partial charge on any atom is -0.493 e. The van der Waals surface area contributed by atoms with Gasteiger partial charge < -0.3 is 25.4 Å². The molecule has 2 aromatic carbocycles. The Kier molecular flexibility index (Phi) is 7.41. The van der Waals surface area contributed by atoms with Gasteiger partial charge in [-0.3, -0.25) is 4.79 Å². The molecule has 0 fully saturated rings. The number of urea groups is 1. The summed E-state index contributed by atoms with van der Waals surface area (Å²) in [5, 5.41) is 8.85. The predicted octanol–water partition coefficient (Wildman–Crippen LogP) is 4.79. The van der Waals surface area contributed by atoms with Crippen LogP contribution in [-0.2, 0) is 4.79 Å². The Morgan fingerprint density at radius 3 is 2.71 bits per heavy atom. The third kappa shape index (κ3) is 5.49. The largest absolute Gasteiger partial charge is 0.493 e. The number of methoxy groups -OCH3 is 1. The number of carbonyl (C=O) groups is 2. The van der Waals surface area contributed by atoms with Crippen LogP contribution < -0.4 is 25.4 Å². The fourth-order valence-electron chi connectivity index (χ4n) is 3.32. The van der Waals surface area contributed by atoms with Crippen LogP contribution in [0.5, 0.6) is 11.5 Å². The SMILES string of the molecule is CCCCOc1ccc(C2NC(=O)NC(C)=C2C(=O)Nc2cccc(Cl)c2)cc1OC. The molecule has 0 aliphatic carbocycles. The number of anilines is 1. The molecule has 0 bridgehead atoms. The van der Waals surface area contributed by atoms with Crippen molar-refractivity contribution in [3.05, 3.63) is 64.3 Å². The van der Waals surface area contributed by atoms with Gasteiger partial charge in [0.05, 0.1) is 25.3 Å². The Balaban J connectivity index is 1.91. The van der Waals surface area contributed by atoms with Crippen molar-refractivity contribution in [2.24, 2.45) is 0 Å². The molecule has 0 spiro atoms. The van der Waals surface area contributed by atoms with E-state index in [4.69, 9.17) is 21.1 Å². The summed E-state index contributed by atoms with van der Waals surface area (Å²) in [6.07, 6.45) is 1.96. The number of hydrogen-bond donors (Lipinski definition) is 3. The zero-order valence-electron chi connectivity index (χ0n) is 17.8. The first-order chi connectivity index (χ1) is 14.9. The van der Waals surface area contributed by atoms with Crippen molar-refractivity contribution in [3.8, 4) is 11.5 Å². The van der Waals surface area contributed by atoms with E-state index in [2.05, 4.69) is 22.9 Å². The lowest BCUT2D eigenvalue weighted by molar-refractivity contribution is -0.113. The highest BCUT2D eigenvalue weighted by atomic mass is 35.5. The summed E-state index contributed by atoms with van der Waals surface area (Å²) in [5.41, 5.74) is 2.12. The molecule has 1 atom stereocenters. The summed E-state index contributed by atoms with van der Waals surface area (Å²) in [4.78, 5) is 25.3. The van der Waals surface area contributed by atoms with Crippen LogP contribution in [0.1, 0.15) is 38.3 Å². The molecular weight excluding hydrogens is 418 g/mol. The van der Waals surface area contributed by atoms with Gasteiger partial charge >= 0.3 is 6.03 Å². The second-order valence-corrected chi connectivity index (χ2v) is 7.58. The van der Waals surface area contributed by atoms with Gasteiger partial charge in [-0.25, -0.2) is 4.79 Å². The Bertz CT molecular complexity index is 1010. The van der Waals surface area contributed by atoms with E-state index in [0.717, 1.165) is 12.8 Å². The zero-order chi connectivity index (χ0) is 22.4. The van der Waals surface area contributed by atoms with Crippen LogP contribution in [0.15, 0.2) is 53.7 Å². The lowest BCUT2D eigenvalue weighted by Gasteiger charge is -2.29. The van der Waals surface area contributed by atoms with Gasteiger partial charge in [0, 0.05) is 16.4 Å². The molecule has 3 N–H and O–H groups in total. The minimum absolute atomic E-state index is 0.348. The zero-order valence-corrected chi connectivity index (χ0v) is 18.5. The monoisotopic (exact) mass is 443 g/mol. The molecule has 0 saturated carbocycles. The van der Waals surface area contributed by atoms with E-state index in [1.807, 2.05) is 6.07 Å². The molecule has 0 saturated heterocycles. The van der Waals surface area contributed by atoms with Gasteiger partial charge in [-0.15, -0.1) is 0 Å². The van der Waals surface area contributed by atoms with Crippen LogP contribution in [0.25, 0.3) is 0 Å². The normalized spacial score (nSPS) is 15.7. The molecule has 1 heterocycles. The summed E-state index contributed by atoms with van der Waals surface area (Å²) >= 11 is 6.02. The number of nitrogens with one attached hydrogen (secondary N) is 3. The van der Waals surface area contributed by atoms with Crippen LogP contribution in [-0.4, -0.2) is 25.7 Å². The first-order valence-electron chi connectivity index (χ1n) is 10.1. The highest BCUT2D eigenvalue weighted by Gasteiger charge is 2.31. The molecule has 1 aliphatic heterocycles. The number of unbranched alkanes of at least 4 members (excludes halogenated alkanes) is 1. The van der Waals surface area contributed by atoms with Crippen molar-refractivity contribution in [1.29, 1.82) is 0 Å². The summed E-state index contributed by atoms with van der Waals surface area (Å²) in [5.74, 6) is 0.804. The van der Waals surface area contributed by atoms with Crippen LogP contribution in [0.4, 0.5) is 10.5 Å². The van der Waals surface area contributed by atoms with Gasteiger partial charge in [0.1, 0.15) is 0 Å². The summed E-state index contributed by atoms with van der Waals surface area (Å²) in [6, 6.07) is 11.2. The van der Waals surface area contributed by atoms with E-state index in [0.29, 0.717) is 45.6 Å². The van der Waals surface area contributed by atoms with Crippen LogP contribution >= 0.6 is 11.6 Å². The summed E-state index contributed by atoms with van der Waals surface area (Å²) < 4.78 is 11.3. The highest BCUT2D eigenvalue weighted by molar-refractivity contribution is 6.31. The third-order valence-electron chi connectivity index (χ3n) is 4.87. The fourth-order valence-corrected chi connectivity index (χ4v) is 3.51. The number of hydrogen-bond acceptors (Lipinski definition) is 4. The number of ether oxygens (including phenoxy) is 2. The molecular formula is C23H26ClN3O4. The maximum absolute atomic E-state index is 13.1. The second-order valence-electron chi connectivity index (χ2n) is 7.15. The summed E-state index contributed by atoms with van der Waals surface area (Å²) in [7, 11) is 1.56. The van der Waals surface area contributed by atoms with Crippen molar-refractivity contribution in [1.82, 2.24) is 10.6 Å². The quantitative estimate of drug-likeness (QED) is 0.511. The number of halogens is 1. The number of rotatable bonds is 8.